The highest BCUT2D eigenvalue weighted by atomic mass is 32.1. The van der Waals surface area contributed by atoms with Crippen molar-refractivity contribution in [2.45, 2.75) is 52.9 Å². The van der Waals surface area contributed by atoms with Crippen molar-refractivity contribution < 1.29 is 13.6 Å². The highest BCUT2D eigenvalue weighted by molar-refractivity contribution is 7.18. The molecule has 0 fully saturated rings. The van der Waals surface area contributed by atoms with Gasteiger partial charge < -0.3 is 10.3 Å². The van der Waals surface area contributed by atoms with Crippen LogP contribution in [0.1, 0.15) is 49.9 Å². The second kappa shape index (κ2) is 8.15. The van der Waals surface area contributed by atoms with Crippen molar-refractivity contribution in [3.05, 3.63) is 56.5 Å². The molecule has 8 heteroatoms. The number of aromatic nitrogens is 2. The van der Waals surface area contributed by atoms with Gasteiger partial charge >= 0.3 is 0 Å². The summed E-state index contributed by atoms with van der Waals surface area (Å²) < 4.78 is 26.3. The Morgan fingerprint density at radius 1 is 1.29 bits per heavy atom. The summed E-state index contributed by atoms with van der Waals surface area (Å²) in [5, 5.41) is 3.21. The highest BCUT2D eigenvalue weighted by Crippen LogP contribution is 2.41. The number of benzene rings is 1. The van der Waals surface area contributed by atoms with E-state index >= 15 is 0 Å². The minimum absolute atomic E-state index is 0.0601. The predicted molar refractivity (Wildman–Crippen MR) is 119 cm³/mol. The number of amides is 1. The van der Waals surface area contributed by atoms with E-state index in [1.165, 1.54) is 10.9 Å². The number of carbonyl (C=O) groups excluding carboxylic acids is 1. The number of halogens is 2. The second-order valence-electron chi connectivity index (χ2n) is 9.18. The molecule has 3 aromatic rings. The van der Waals surface area contributed by atoms with Crippen LogP contribution in [0.5, 0.6) is 0 Å². The lowest BCUT2D eigenvalue weighted by Crippen LogP contribution is -2.26. The monoisotopic (exact) mass is 445 g/mol. The molecule has 1 aliphatic rings. The van der Waals surface area contributed by atoms with Gasteiger partial charge in [-0.15, -0.1) is 11.3 Å². The van der Waals surface area contributed by atoms with E-state index < -0.39 is 11.6 Å². The number of aryl methyl sites for hydroxylation is 2. The number of nitrogens with one attached hydrogen (secondary N) is 2. The van der Waals surface area contributed by atoms with E-state index in [1.54, 1.807) is 11.3 Å². The molecule has 2 aromatic heterocycles. The van der Waals surface area contributed by atoms with Crippen molar-refractivity contribution in [3.8, 4) is 0 Å². The molecule has 1 unspecified atom stereocenters. The van der Waals surface area contributed by atoms with E-state index in [2.05, 4.69) is 36.1 Å². The smallest absolute Gasteiger partial charge is 0.259 e. The van der Waals surface area contributed by atoms with E-state index in [1.807, 2.05) is 0 Å². The zero-order valence-corrected chi connectivity index (χ0v) is 18.6. The van der Waals surface area contributed by atoms with Gasteiger partial charge in [-0.25, -0.2) is 13.8 Å². The average Bonchev–Trinajstić information content (AvgIpc) is 3.06. The molecule has 0 saturated carbocycles. The summed E-state index contributed by atoms with van der Waals surface area (Å²) in [5.74, 6) is -1.34. The van der Waals surface area contributed by atoms with Crippen LogP contribution in [-0.2, 0) is 24.1 Å². The Morgan fingerprint density at radius 3 is 2.77 bits per heavy atom. The number of anilines is 1. The lowest BCUT2D eigenvalue weighted by Gasteiger charge is -2.33. The molecule has 0 bridgehead atoms. The standard InChI is InChI=1S/C23H25F2N3O2S/c1-23(2,3)12-4-6-14-17(10-12)31-22-20(14)21(30)27-18(28-22)8-9-19(29)26-13-5-7-15(24)16(25)11-13/h5,7,11-12H,4,6,8-10H2,1-3H3,(H,26,29)(H,27,28,30). The minimum atomic E-state index is -1.02. The number of nitrogens with zero attached hydrogens (tertiary/aromatic N) is 1. The zero-order valence-electron chi connectivity index (χ0n) is 17.8. The number of H-pyrrole nitrogens is 1. The molecule has 1 aromatic carbocycles. The van der Waals surface area contributed by atoms with Gasteiger partial charge in [-0.1, -0.05) is 20.8 Å². The molecule has 0 spiro atoms. The molecule has 1 atom stereocenters. The third-order valence-corrected chi connectivity index (χ3v) is 7.13. The minimum Gasteiger partial charge on any atom is -0.326 e. The molecule has 2 heterocycles. The van der Waals surface area contributed by atoms with Crippen molar-refractivity contribution >= 4 is 33.1 Å². The van der Waals surface area contributed by atoms with E-state index in [-0.39, 0.29) is 35.4 Å². The Kier molecular flexibility index (Phi) is 5.68. The summed E-state index contributed by atoms with van der Waals surface area (Å²) in [6.07, 6.45) is 3.22. The maximum absolute atomic E-state index is 13.3. The fourth-order valence-corrected chi connectivity index (χ4v) is 5.43. The van der Waals surface area contributed by atoms with Crippen LogP contribution in [0.2, 0.25) is 0 Å². The maximum atomic E-state index is 13.3. The number of thiophene rings is 1. The largest absolute Gasteiger partial charge is 0.326 e. The Bertz CT molecular complexity index is 1210. The van der Waals surface area contributed by atoms with Crippen molar-refractivity contribution in [2.75, 3.05) is 5.32 Å². The van der Waals surface area contributed by atoms with Gasteiger partial charge in [0.15, 0.2) is 11.6 Å². The molecule has 4 rings (SSSR count). The van der Waals surface area contributed by atoms with E-state index in [0.29, 0.717) is 17.1 Å². The van der Waals surface area contributed by atoms with Crippen molar-refractivity contribution in [3.63, 3.8) is 0 Å². The van der Waals surface area contributed by atoms with Crippen molar-refractivity contribution in [1.29, 1.82) is 0 Å². The summed E-state index contributed by atoms with van der Waals surface area (Å²) in [4.78, 5) is 34.3. The number of hydrogen-bond acceptors (Lipinski definition) is 4. The quantitative estimate of drug-likeness (QED) is 0.594. The van der Waals surface area contributed by atoms with Gasteiger partial charge in [0.05, 0.1) is 5.39 Å². The molecule has 1 amide bonds. The van der Waals surface area contributed by atoms with Crippen LogP contribution in [0.25, 0.3) is 10.2 Å². The normalized spacial score (nSPS) is 16.4. The third kappa shape index (κ3) is 4.54. The van der Waals surface area contributed by atoms with Crippen LogP contribution in [0.15, 0.2) is 23.0 Å². The number of fused-ring (bicyclic) bond motifs is 3. The van der Waals surface area contributed by atoms with Crippen LogP contribution in [0, 0.1) is 23.0 Å². The predicted octanol–water partition coefficient (Wildman–Crippen LogP) is 4.99. The van der Waals surface area contributed by atoms with Crippen molar-refractivity contribution in [2.24, 2.45) is 11.3 Å². The van der Waals surface area contributed by atoms with Gasteiger partial charge in [0.2, 0.25) is 5.91 Å². The number of carbonyl (C=O) groups is 1. The molecule has 31 heavy (non-hydrogen) atoms. The lowest BCUT2D eigenvalue weighted by atomic mass is 9.72. The molecule has 0 radical (unpaired) electrons. The lowest BCUT2D eigenvalue weighted by molar-refractivity contribution is -0.116. The van der Waals surface area contributed by atoms with Crippen LogP contribution < -0.4 is 10.9 Å². The maximum Gasteiger partial charge on any atom is 0.259 e. The first-order valence-corrected chi connectivity index (χ1v) is 11.2. The van der Waals surface area contributed by atoms with Gasteiger partial charge in [-0.3, -0.25) is 9.59 Å². The summed E-state index contributed by atoms with van der Waals surface area (Å²) >= 11 is 1.58. The van der Waals surface area contributed by atoms with Gasteiger partial charge in [0.25, 0.3) is 5.56 Å². The first-order chi connectivity index (χ1) is 14.6. The molecular weight excluding hydrogens is 420 g/mol. The van der Waals surface area contributed by atoms with Gasteiger partial charge in [0, 0.05) is 29.5 Å². The van der Waals surface area contributed by atoms with Gasteiger partial charge in [-0.05, 0) is 48.3 Å². The Hall–Kier alpha value is -2.61. The molecule has 1 aliphatic carbocycles. The van der Waals surface area contributed by atoms with Crippen LogP contribution in [-0.4, -0.2) is 15.9 Å². The Morgan fingerprint density at radius 2 is 2.06 bits per heavy atom. The second-order valence-corrected chi connectivity index (χ2v) is 10.3. The van der Waals surface area contributed by atoms with Crippen molar-refractivity contribution in [1.82, 2.24) is 9.97 Å². The number of rotatable bonds is 4. The number of aromatic amines is 1. The first kappa shape index (κ1) is 21.6. The van der Waals surface area contributed by atoms with E-state index in [4.69, 9.17) is 0 Å². The molecule has 164 valence electrons. The summed E-state index contributed by atoms with van der Waals surface area (Å²) in [5.41, 5.74) is 1.37. The molecule has 5 nitrogen and oxygen atoms in total. The SMILES string of the molecule is CC(C)(C)C1CCc2c(sc3nc(CCC(=O)Nc4ccc(F)c(F)c4)[nH]c(=O)c23)C1. The first-order valence-electron chi connectivity index (χ1n) is 10.4. The summed E-state index contributed by atoms with van der Waals surface area (Å²) in [6, 6.07) is 3.19. The number of hydrogen-bond donors (Lipinski definition) is 2. The fraction of sp³-hybridized carbons (Fsp3) is 0.435. The van der Waals surface area contributed by atoms with E-state index in [0.717, 1.165) is 41.8 Å². The van der Waals surface area contributed by atoms with E-state index in [9.17, 15) is 18.4 Å². The molecule has 0 aliphatic heterocycles. The van der Waals surface area contributed by atoms with Crippen LogP contribution >= 0.6 is 11.3 Å². The Balaban J connectivity index is 1.48. The average molecular weight is 446 g/mol. The third-order valence-electron chi connectivity index (χ3n) is 5.99. The van der Waals surface area contributed by atoms with Gasteiger partial charge in [0.1, 0.15) is 10.7 Å². The molecular formula is C23H25F2N3O2S. The van der Waals surface area contributed by atoms with Crippen LogP contribution in [0.3, 0.4) is 0 Å². The van der Waals surface area contributed by atoms with Crippen LogP contribution in [0.4, 0.5) is 14.5 Å². The Labute approximate surface area is 182 Å². The zero-order chi connectivity index (χ0) is 22.3. The highest BCUT2D eigenvalue weighted by Gasteiger charge is 2.31. The summed E-state index contributed by atoms with van der Waals surface area (Å²) in [7, 11) is 0. The fourth-order valence-electron chi connectivity index (χ4n) is 4.12. The summed E-state index contributed by atoms with van der Waals surface area (Å²) in [6.45, 7) is 6.76. The van der Waals surface area contributed by atoms with Gasteiger partial charge in [-0.2, -0.15) is 0 Å². The molecule has 2 N–H and O–H groups in total. The topological polar surface area (TPSA) is 74.8 Å². The molecule has 0 saturated heterocycles.